The van der Waals surface area contributed by atoms with Crippen molar-refractivity contribution < 1.29 is 27.4 Å². The lowest BCUT2D eigenvalue weighted by Gasteiger charge is -2.32. The predicted octanol–water partition coefficient (Wildman–Crippen LogP) is 2.34. The van der Waals surface area contributed by atoms with Gasteiger partial charge < -0.3 is 19.7 Å². The number of fused-ring (bicyclic) bond motifs is 1. The number of nitrogens with one attached hydrogen (secondary N) is 1. The highest BCUT2D eigenvalue weighted by atomic mass is 19.4. The van der Waals surface area contributed by atoms with E-state index in [2.05, 4.69) is 19.9 Å². The minimum atomic E-state index is -4.55. The summed E-state index contributed by atoms with van der Waals surface area (Å²) in [6, 6.07) is 3.83. The van der Waals surface area contributed by atoms with Gasteiger partial charge in [0.05, 0.1) is 18.3 Å². The number of nitrogens with zero attached hydrogens (tertiary/aromatic N) is 6. The van der Waals surface area contributed by atoms with E-state index in [1.165, 1.54) is 0 Å². The summed E-state index contributed by atoms with van der Waals surface area (Å²) in [5, 5.41) is 1.81. The Hall–Kier alpha value is -3.35. The third kappa shape index (κ3) is 5.72. The van der Waals surface area contributed by atoms with E-state index in [1.54, 1.807) is 6.20 Å². The molecule has 5 rings (SSSR count). The van der Waals surface area contributed by atoms with Gasteiger partial charge in [-0.15, -0.1) is 0 Å². The van der Waals surface area contributed by atoms with Crippen LogP contribution in [0.25, 0.3) is 0 Å². The highest BCUT2D eigenvalue weighted by Gasteiger charge is 2.31. The Labute approximate surface area is 205 Å². The van der Waals surface area contributed by atoms with Gasteiger partial charge in [-0.2, -0.15) is 28.1 Å². The molecule has 36 heavy (non-hydrogen) atoms. The number of amides is 1. The largest absolute Gasteiger partial charge is 0.461 e. The number of pyridine rings is 1. The van der Waals surface area contributed by atoms with E-state index in [-0.39, 0.29) is 30.6 Å². The summed E-state index contributed by atoms with van der Waals surface area (Å²) in [5.74, 6) is -1.03. The molecule has 1 atom stereocenters. The van der Waals surface area contributed by atoms with Crippen LogP contribution in [-0.2, 0) is 11.3 Å². The summed E-state index contributed by atoms with van der Waals surface area (Å²) >= 11 is 0. The number of anilines is 1. The van der Waals surface area contributed by atoms with Gasteiger partial charge in [0.15, 0.2) is 0 Å². The molecular weight excluding hydrogens is 479 g/mol. The van der Waals surface area contributed by atoms with Crippen LogP contribution in [0, 0.1) is 5.92 Å². The average Bonchev–Trinajstić information content (AvgIpc) is 3.56. The summed E-state index contributed by atoms with van der Waals surface area (Å²) in [5.41, 5.74) is 3.13. The molecule has 0 saturated carbocycles. The first-order chi connectivity index (χ1) is 17.4. The standard InChI is InChI=1S/C23H26F3N7O3/c24-23(25,26)13-29-20(34)19-30-21(32-22(31-19)36-12-15-3-2-10-35-15)33-8-5-14(6-9-33)18-16-4-1-7-27-17(16)11-28-18/h1,4,7,14-15H,2-3,5-6,8-13H2,(H,29,34)/t15-/m1/s1. The minimum Gasteiger partial charge on any atom is -0.461 e. The maximum atomic E-state index is 12.6. The molecule has 1 amide bonds. The zero-order valence-corrected chi connectivity index (χ0v) is 19.5. The fraction of sp³-hybridized carbons (Fsp3) is 0.565. The van der Waals surface area contributed by atoms with Crippen LogP contribution in [-0.4, -0.2) is 76.7 Å². The van der Waals surface area contributed by atoms with Gasteiger partial charge in [0.1, 0.15) is 13.2 Å². The Morgan fingerprint density at radius 1 is 1.19 bits per heavy atom. The Bertz CT molecular complexity index is 1130. The van der Waals surface area contributed by atoms with Gasteiger partial charge in [-0.05, 0) is 37.8 Å². The molecule has 0 unspecified atom stereocenters. The Kier molecular flexibility index (Phi) is 6.99. The number of ether oxygens (including phenoxy) is 2. The molecule has 192 valence electrons. The first-order valence-corrected chi connectivity index (χ1v) is 11.9. The van der Waals surface area contributed by atoms with E-state index in [4.69, 9.17) is 14.5 Å². The molecule has 2 aromatic rings. The van der Waals surface area contributed by atoms with Crippen LogP contribution >= 0.6 is 0 Å². The second-order valence-corrected chi connectivity index (χ2v) is 8.95. The van der Waals surface area contributed by atoms with Crippen molar-refractivity contribution in [1.29, 1.82) is 0 Å². The second-order valence-electron chi connectivity index (χ2n) is 8.95. The molecule has 0 spiro atoms. The highest BCUT2D eigenvalue weighted by Crippen LogP contribution is 2.29. The van der Waals surface area contributed by atoms with Crippen molar-refractivity contribution >= 4 is 17.6 Å². The molecule has 13 heteroatoms. The van der Waals surface area contributed by atoms with Crippen LogP contribution in [0.15, 0.2) is 23.3 Å². The zero-order chi connectivity index (χ0) is 25.1. The number of hydrogen-bond acceptors (Lipinski definition) is 9. The monoisotopic (exact) mass is 505 g/mol. The molecule has 2 fully saturated rings. The lowest BCUT2D eigenvalue weighted by Crippen LogP contribution is -2.38. The van der Waals surface area contributed by atoms with Crippen LogP contribution in [0.5, 0.6) is 6.01 Å². The molecular formula is C23H26F3N7O3. The van der Waals surface area contributed by atoms with Crippen molar-refractivity contribution in [2.45, 2.75) is 44.5 Å². The van der Waals surface area contributed by atoms with Gasteiger partial charge in [-0.25, -0.2) is 0 Å². The molecule has 3 aliphatic rings. The lowest BCUT2D eigenvalue weighted by molar-refractivity contribution is -0.123. The third-order valence-electron chi connectivity index (χ3n) is 6.41. The molecule has 2 aromatic heterocycles. The summed E-state index contributed by atoms with van der Waals surface area (Å²) in [6.07, 6.45) is 0.398. The van der Waals surface area contributed by atoms with E-state index in [0.29, 0.717) is 26.2 Å². The number of aliphatic imine (C=N–C) groups is 1. The predicted molar refractivity (Wildman–Crippen MR) is 122 cm³/mol. The van der Waals surface area contributed by atoms with Crippen molar-refractivity contribution in [2.75, 3.05) is 37.7 Å². The fourth-order valence-electron chi connectivity index (χ4n) is 4.60. The number of piperidine rings is 1. The van der Waals surface area contributed by atoms with E-state index < -0.39 is 24.5 Å². The van der Waals surface area contributed by atoms with E-state index in [1.807, 2.05) is 22.3 Å². The normalized spacial score (nSPS) is 20.2. The molecule has 1 N–H and O–H groups in total. The maximum Gasteiger partial charge on any atom is 0.405 e. The highest BCUT2D eigenvalue weighted by molar-refractivity contribution is 6.04. The summed E-state index contributed by atoms with van der Waals surface area (Å²) in [4.78, 5) is 35.9. The number of aromatic nitrogens is 4. The third-order valence-corrected chi connectivity index (χ3v) is 6.41. The van der Waals surface area contributed by atoms with E-state index in [0.717, 1.165) is 42.7 Å². The van der Waals surface area contributed by atoms with Crippen LogP contribution in [0.2, 0.25) is 0 Å². The van der Waals surface area contributed by atoms with Crippen molar-refractivity contribution in [3.8, 4) is 6.01 Å². The second kappa shape index (κ2) is 10.3. The summed E-state index contributed by atoms with van der Waals surface area (Å²) in [6.45, 7) is 1.09. The summed E-state index contributed by atoms with van der Waals surface area (Å²) in [7, 11) is 0. The van der Waals surface area contributed by atoms with Gasteiger partial charge in [0.25, 0.3) is 5.91 Å². The Balaban J connectivity index is 1.29. The smallest absolute Gasteiger partial charge is 0.405 e. The first-order valence-electron chi connectivity index (χ1n) is 11.9. The summed E-state index contributed by atoms with van der Waals surface area (Å²) < 4.78 is 49.0. The van der Waals surface area contributed by atoms with E-state index in [9.17, 15) is 18.0 Å². The lowest BCUT2D eigenvalue weighted by atomic mass is 9.88. The van der Waals surface area contributed by atoms with Gasteiger partial charge in [-0.1, -0.05) is 0 Å². The maximum absolute atomic E-state index is 12.6. The van der Waals surface area contributed by atoms with E-state index >= 15 is 0 Å². The van der Waals surface area contributed by atoms with Crippen molar-refractivity contribution in [3.05, 3.63) is 35.4 Å². The van der Waals surface area contributed by atoms with Crippen molar-refractivity contribution in [1.82, 2.24) is 25.3 Å². The van der Waals surface area contributed by atoms with Crippen molar-refractivity contribution in [2.24, 2.45) is 10.9 Å². The molecule has 0 radical (unpaired) electrons. The number of alkyl halides is 3. The Morgan fingerprint density at radius 3 is 2.78 bits per heavy atom. The number of hydrogen-bond donors (Lipinski definition) is 1. The van der Waals surface area contributed by atoms with Crippen LogP contribution in [0.1, 0.15) is 47.6 Å². The van der Waals surface area contributed by atoms with Gasteiger partial charge in [-0.3, -0.25) is 14.8 Å². The number of rotatable bonds is 7. The Morgan fingerprint density at radius 2 is 2.03 bits per heavy atom. The van der Waals surface area contributed by atoms with Crippen LogP contribution < -0.4 is 15.0 Å². The molecule has 0 bridgehead atoms. The van der Waals surface area contributed by atoms with Crippen LogP contribution in [0.3, 0.4) is 0 Å². The number of carbonyl (C=O) groups is 1. The molecule has 10 nitrogen and oxygen atoms in total. The number of carbonyl (C=O) groups excluding carboxylic acids is 1. The minimum absolute atomic E-state index is 0.116. The fourth-order valence-corrected chi connectivity index (χ4v) is 4.60. The first kappa shape index (κ1) is 24.3. The zero-order valence-electron chi connectivity index (χ0n) is 19.5. The van der Waals surface area contributed by atoms with Crippen LogP contribution in [0.4, 0.5) is 19.1 Å². The quantitative estimate of drug-likeness (QED) is 0.610. The molecule has 2 saturated heterocycles. The van der Waals surface area contributed by atoms with Gasteiger partial charge in [0, 0.05) is 43.1 Å². The van der Waals surface area contributed by atoms with Gasteiger partial charge >= 0.3 is 12.2 Å². The molecule has 5 heterocycles. The van der Waals surface area contributed by atoms with Crippen molar-refractivity contribution in [3.63, 3.8) is 0 Å². The number of halogens is 3. The average molecular weight is 506 g/mol. The van der Waals surface area contributed by atoms with Gasteiger partial charge in [0.2, 0.25) is 11.8 Å². The molecule has 3 aliphatic heterocycles. The molecule has 0 aromatic carbocycles. The topological polar surface area (TPSA) is 115 Å². The molecule has 0 aliphatic carbocycles. The SMILES string of the molecule is O=C(NCC(F)(F)F)c1nc(OC[C@H]2CCCO2)nc(N2CCC(C3=NCc4ncccc43)CC2)n1.